The second-order valence-electron chi connectivity index (χ2n) is 9.39. The molecule has 0 unspecified atom stereocenters. The molecular weight excluding hydrogens is 462 g/mol. The summed E-state index contributed by atoms with van der Waals surface area (Å²) in [5, 5.41) is 0.365. The number of fused-ring (bicyclic) bond motifs is 1. The van der Waals surface area contributed by atoms with Crippen molar-refractivity contribution in [2.75, 3.05) is 29.5 Å². The van der Waals surface area contributed by atoms with Crippen LogP contribution in [0.3, 0.4) is 0 Å². The smallest absolute Gasteiger partial charge is 0.272 e. The first-order valence-corrected chi connectivity index (χ1v) is 12.0. The molecule has 8 nitrogen and oxygen atoms in total. The molecule has 0 saturated carbocycles. The third kappa shape index (κ3) is 4.01. The fraction of sp³-hybridized carbons (Fsp3) is 0.346. The Morgan fingerprint density at radius 2 is 1.91 bits per heavy atom. The lowest BCUT2D eigenvalue weighted by Crippen LogP contribution is -2.46. The van der Waals surface area contributed by atoms with Gasteiger partial charge in [0.2, 0.25) is 5.95 Å². The topological polar surface area (TPSA) is 129 Å². The first kappa shape index (κ1) is 23.2. The Kier molecular flexibility index (Phi) is 5.91. The minimum atomic E-state index is -0.273. The molecule has 1 aliphatic carbocycles. The summed E-state index contributed by atoms with van der Waals surface area (Å²) in [7, 11) is 1.71. The van der Waals surface area contributed by atoms with Gasteiger partial charge in [0.15, 0.2) is 0 Å². The number of aromatic nitrogens is 3. The van der Waals surface area contributed by atoms with E-state index in [1.807, 2.05) is 0 Å². The zero-order valence-electron chi connectivity index (χ0n) is 19.6. The van der Waals surface area contributed by atoms with Crippen molar-refractivity contribution in [3.8, 4) is 11.8 Å². The van der Waals surface area contributed by atoms with E-state index in [-0.39, 0.29) is 34.2 Å². The van der Waals surface area contributed by atoms with Crippen LogP contribution in [0.5, 0.6) is 0 Å². The maximum atomic E-state index is 13.1. The van der Waals surface area contributed by atoms with Crippen LogP contribution in [-0.2, 0) is 19.9 Å². The lowest BCUT2D eigenvalue weighted by Gasteiger charge is -2.42. The highest BCUT2D eigenvalue weighted by molar-refractivity contribution is 6.33. The molecule has 0 radical (unpaired) electrons. The van der Waals surface area contributed by atoms with Gasteiger partial charge in [0.25, 0.3) is 5.56 Å². The standard InChI is InChI=1S/C26H28ClN7O/c1-33-24(35)19(8-4-6-16-9-12-31-23(30)20(16)27)22(29)32-25(33)34-13-10-26(11-14-34)15-17-5-2-3-7-18(17)21(26)28/h2-3,5,7,9,12,21H,6,10-11,13-15,28-29H2,1H3,(H2,30,31)/t21-/m1/s1. The van der Waals surface area contributed by atoms with Crippen LogP contribution < -0.4 is 27.7 Å². The van der Waals surface area contributed by atoms with Crippen molar-refractivity contribution in [2.45, 2.75) is 31.7 Å². The summed E-state index contributed by atoms with van der Waals surface area (Å²) >= 11 is 6.18. The number of rotatable bonds is 2. The predicted octanol–water partition coefficient (Wildman–Crippen LogP) is 2.43. The van der Waals surface area contributed by atoms with Crippen molar-refractivity contribution in [2.24, 2.45) is 18.2 Å². The third-order valence-corrected chi connectivity index (χ3v) is 7.85. The predicted molar refractivity (Wildman–Crippen MR) is 139 cm³/mol. The van der Waals surface area contributed by atoms with Crippen LogP contribution in [0.15, 0.2) is 41.3 Å². The molecule has 1 saturated heterocycles. The fourth-order valence-electron chi connectivity index (χ4n) is 5.33. The first-order valence-electron chi connectivity index (χ1n) is 11.6. The summed E-state index contributed by atoms with van der Waals surface area (Å²) in [4.78, 5) is 23.7. The number of hydrogen-bond acceptors (Lipinski definition) is 7. The maximum absolute atomic E-state index is 13.1. The largest absolute Gasteiger partial charge is 0.382 e. The highest BCUT2D eigenvalue weighted by Crippen LogP contribution is 2.50. The molecule has 2 aromatic heterocycles. The van der Waals surface area contributed by atoms with Crippen LogP contribution in [0.4, 0.5) is 17.6 Å². The minimum Gasteiger partial charge on any atom is -0.382 e. The number of piperidine rings is 1. The molecule has 35 heavy (non-hydrogen) atoms. The number of benzene rings is 1. The van der Waals surface area contributed by atoms with Gasteiger partial charge >= 0.3 is 0 Å². The second-order valence-corrected chi connectivity index (χ2v) is 9.76. The highest BCUT2D eigenvalue weighted by atomic mass is 35.5. The van der Waals surface area contributed by atoms with E-state index in [9.17, 15) is 4.79 Å². The molecule has 6 N–H and O–H groups in total. The van der Waals surface area contributed by atoms with Gasteiger partial charge < -0.3 is 22.1 Å². The van der Waals surface area contributed by atoms with E-state index in [1.165, 1.54) is 15.7 Å². The van der Waals surface area contributed by atoms with Crippen LogP contribution >= 0.6 is 11.6 Å². The first-order chi connectivity index (χ1) is 16.8. The Hall–Kier alpha value is -3.54. The number of nitrogen functional groups attached to an aromatic ring is 2. The Bertz CT molecular complexity index is 1410. The average Bonchev–Trinajstić information content (AvgIpc) is 3.13. The van der Waals surface area contributed by atoms with Crippen molar-refractivity contribution in [1.82, 2.24) is 14.5 Å². The van der Waals surface area contributed by atoms with Crippen LogP contribution in [0.25, 0.3) is 0 Å². The van der Waals surface area contributed by atoms with Crippen molar-refractivity contribution < 1.29 is 0 Å². The molecule has 9 heteroatoms. The van der Waals surface area contributed by atoms with Gasteiger partial charge in [-0.05, 0) is 47.4 Å². The number of nitrogens with zero attached hydrogens (tertiary/aromatic N) is 4. The maximum Gasteiger partial charge on any atom is 0.272 e. The lowest BCUT2D eigenvalue weighted by atomic mass is 9.73. The van der Waals surface area contributed by atoms with Gasteiger partial charge in [0.05, 0.1) is 5.02 Å². The normalized spacial score (nSPS) is 18.3. The fourth-order valence-corrected chi connectivity index (χ4v) is 5.51. The molecule has 1 fully saturated rings. The molecule has 1 aromatic carbocycles. The number of nitrogens with two attached hydrogens (primary N) is 3. The van der Waals surface area contributed by atoms with E-state index in [4.69, 9.17) is 28.8 Å². The van der Waals surface area contributed by atoms with Crippen molar-refractivity contribution in [3.05, 3.63) is 74.2 Å². The number of hydrogen-bond donors (Lipinski definition) is 3. The molecule has 3 aromatic rings. The van der Waals surface area contributed by atoms with Crippen LogP contribution in [0, 0.1) is 17.3 Å². The number of halogens is 1. The lowest BCUT2D eigenvalue weighted by molar-refractivity contribution is 0.186. The van der Waals surface area contributed by atoms with Crippen LogP contribution in [-0.4, -0.2) is 27.6 Å². The highest BCUT2D eigenvalue weighted by Gasteiger charge is 2.46. The summed E-state index contributed by atoms with van der Waals surface area (Å²) in [5.41, 5.74) is 21.9. The van der Waals surface area contributed by atoms with E-state index in [0.29, 0.717) is 17.4 Å². The zero-order chi connectivity index (χ0) is 24.7. The minimum absolute atomic E-state index is 0.0320. The molecule has 2 aliphatic rings. The summed E-state index contributed by atoms with van der Waals surface area (Å²) in [6.45, 7) is 1.52. The monoisotopic (exact) mass is 489 g/mol. The number of anilines is 3. The summed E-state index contributed by atoms with van der Waals surface area (Å²) in [6, 6.07) is 10.2. The van der Waals surface area contributed by atoms with E-state index in [2.05, 4.69) is 51.0 Å². The molecule has 1 atom stereocenters. The molecule has 3 heterocycles. The van der Waals surface area contributed by atoms with E-state index < -0.39 is 0 Å². The zero-order valence-corrected chi connectivity index (χ0v) is 20.3. The van der Waals surface area contributed by atoms with Gasteiger partial charge in [-0.2, -0.15) is 4.98 Å². The Morgan fingerprint density at radius 1 is 1.17 bits per heavy atom. The molecule has 1 aliphatic heterocycles. The van der Waals surface area contributed by atoms with Gasteiger partial charge in [-0.25, -0.2) is 4.98 Å². The van der Waals surface area contributed by atoms with Gasteiger partial charge in [-0.1, -0.05) is 47.7 Å². The number of pyridine rings is 1. The third-order valence-electron chi connectivity index (χ3n) is 7.42. The van der Waals surface area contributed by atoms with Gasteiger partial charge in [0, 0.05) is 38.8 Å². The molecule has 0 bridgehead atoms. The van der Waals surface area contributed by atoms with Crippen LogP contribution in [0.1, 0.15) is 41.1 Å². The van der Waals surface area contributed by atoms with E-state index in [0.717, 1.165) is 37.9 Å². The van der Waals surface area contributed by atoms with E-state index in [1.54, 1.807) is 19.3 Å². The quantitative estimate of drug-likeness (QED) is 0.471. The molecule has 1 spiro atoms. The second kappa shape index (κ2) is 8.91. The van der Waals surface area contributed by atoms with Crippen molar-refractivity contribution in [3.63, 3.8) is 0 Å². The Labute approximate surface area is 209 Å². The SMILES string of the molecule is Cn1c(N2CCC3(CC2)Cc2ccccc2[C@H]3N)nc(N)c(C#CCc2ccnc(N)c2Cl)c1=O. The van der Waals surface area contributed by atoms with Gasteiger partial charge in [0.1, 0.15) is 17.2 Å². The summed E-state index contributed by atoms with van der Waals surface area (Å²) in [5.74, 6) is 6.77. The Morgan fingerprint density at radius 3 is 2.66 bits per heavy atom. The summed E-state index contributed by atoms with van der Waals surface area (Å²) < 4.78 is 1.53. The van der Waals surface area contributed by atoms with E-state index >= 15 is 0 Å². The molecular formula is C26H28ClN7O. The summed E-state index contributed by atoms with van der Waals surface area (Å²) in [6.07, 6.45) is 4.73. The van der Waals surface area contributed by atoms with Crippen molar-refractivity contribution in [1.29, 1.82) is 0 Å². The van der Waals surface area contributed by atoms with Crippen molar-refractivity contribution >= 4 is 29.2 Å². The van der Waals surface area contributed by atoms with Gasteiger partial charge in [-0.3, -0.25) is 9.36 Å². The van der Waals surface area contributed by atoms with Gasteiger partial charge in [-0.15, -0.1) is 0 Å². The Balaban J connectivity index is 1.34. The molecule has 0 amide bonds. The average molecular weight is 490 g/mol. The molecule has 5 rings (SSSR count). The molecule has 180 valence electrons. The van der Waals surface area contributed by atoms with Crippen LogP contribution in [0.2, 0.25) is 5.02 Å².